The maximum Gasteiger partial charge on any atom is 0.407 e. The van der Waals surface area contributed by atoms with Crippen LogP contribution in [0.25, 0.3) is 11.1 Å². The van der Waals surface area contributed by atoms with Gasteiger partial charge in [0.15, 0.2) is 0 Å². The van der Waals surface area contributed by atoms with E-state index in [-0.39, 0.29) is 18.2 Å². The fourth-order valence-corrected chi connectivity index (χ4v) is 5.27. The molecule has 1 unspecified atom stereocenters. The van der Waals surface area contributed by atoms with Gasteiger partial charge in [-0.2, -0.15) is 0 Å². The summed E-state index contributed by atoms with van der Waals surface area (Å²) >= 11 is 1.74. The normalized spacial score (nSPS) is 27.1. The summed E-state index contributed by atoms with van der Waals surface area (Å²) in [4.78, 5) is 16.3. The molecule has 6 rings (SSSR count). The fraction of sp³-hybridized carbons (Fsp3) is 0.458. The van der Waals surface area contributed by atoms with E-state index in [2.05, 4.69) is 52.9 Å². The van der Waals surface area contributed by atoms with Gasteiger partial charge in [0.25, 0.3) is 0 Å². The Morgan fingerprint density at radius 1 is 1.10 bits per heavy atom. The third-order valence-electron chi connectivity index (χ3n) is 6.62. The number of hydrogen-bond acceptors (Lipinski definition) is 5. The van der Waals surface area contributed by atoms with Crippen molar-refractivity contribution >= 4 is 17.9 Å². The van der Waals surface area contributed by atoms with Crippen molar-refractivity contribution in [1.29, 1.82) is 0 Å². The molecule has 6 heteroatoms. The van der Waals surface area contributed by atoms with Gasteiger partial charge in [-0.1, -0.05) is 18.2 Å². The van der Waals surface area contributed by atoms with Crippen LogP contribution in [0.5, 0.6) is 5.75 Å². The number of fused-ring (bicyclic) bond motifs is 4. The van der Waals surface area contributed by atoms with Gasteiger partial charge in [0.1, 0.15) is 11.9 Å². The lowest BCUT2D eigenvalue weighted by Crippen LogP contribution is -2.52. The van der Waals surface area contributed by atoms with Gasteiger partial charge in [-0.05, 0) is 73.5 Å². The van der Waals surface area contributed by atoms with Crippen LogP contribution in [-0.2, 0) is 4.74 Å². The standard InChI is InChI=1S/C24H28N2O3S/c1-30-19-5-2-16(3-6-19)18-4-7-22-20(14-18)21(10-13-28-22)25-24(27)29-23-15-26-11-8-17(23)9-12-26/h2-7,14,17,21,23H,8-13,15H2,1H3,(H,25,27)/t21?,23-/m0/s1. The topological polar surface area (TPSA) is 50.8 Å². The van der Waals surface area contributed by atoms with Gasteiger partial charge >= 0.3 is 6.09 Å². The summed E-state index contributed by atoms with van der Waals surface area (Å²) < 4.78 is 11.7. The highest BCUT2D eigenvalue weighted by Crippen LogP contribution is 2.36. The summed E-state index contributed by atoms with van der Waals surface area (Å²) in [5, 5.41) is 3.12. The van der Waals surface area contributed by atoms with Crippen LogP contribution >= 0.6 is 11.8 Å². The van der Waals surface area contributed by atoms with Gasteiger partial charge in [0.05, 0.1) is 12.6 Å². The number of benzene rings is 2. The minimum absolute atomic E-state index is 0.0214. The van der Waals surface area contributed by atoms with Gasteiger partial charge in [-0.25, -0.2) is 4.79 Å². The lowest BCUT2D eigenvalue weighted by Gasteiger charge is -2.44. The predicted molar refractivity (Wildman–Crippen MR) is 119 cm³/mol. The molecule has 30 heavy (non-hydrogen) atoms. The highest BCUT2D eigenvalue weighted by atomic mass is 32.2. The van der Waals surface area contributed by atoms with Crippen LogP contribution in [-0.4, -0.2) is 49.6 Å². The Kier molecular flexibility index (Phi) is 5.61. The zero-order valence-corrected chi connectivity index (χ0v) is 18.1. The molecule has 0 aliphatic carbocycles. The third kappa shape index (κ3) is 4.03. The molecule has 158 valence electrons. The van der Waals surface area contributed by atoms with Crippen LogP contribution in [0.15, 0.2) is 47.4 Å². The largest absolute Gasteiger partial charge is 0.493 e. The predicted octanol–water partition coefficient (Wildman–Crippen LogP) is 4.72. The van der Waals surface area contributed by atoms with Gasteiger partial charge in [-0.3, -0.25) is 4.90 Å². The number of nitrogens with zero attached hydrogens (tertiary/aromatic N) is 1. The van der Waals surface area contributed by atoms with Gasteiger partial charge in [0.2, 0.25) is 0 Å². The van der Waals surface area contributed by atoms with E-state index in [1.807, 2.05) is 6.07 Å². The van der Waals surface area contributed by atoms with Crippen molar-refractivity contribution in [3.63, 3.8) is 0 Å². The van der Waals surface area contributed by atoms with Crippen LogP contribution in [0.1, 0.15) is 30.9 Å². The minimum atomic E-state index is -0.304. The van der Waals surface area contributed by atoms with Crippen molar-refractivity contribution < 1.29 is 14.3 Å². The van der Waals surface area contributed by atoms with E-state index in [0.29, 0.717) is 12.5 Å². The summed E-state index contributed by atoms with van der Waals surface area (Å²) in [5.74, 6) is 1.36. The number of thioether (sulfide) groups is 1. The SMILES string of the molecule is CSc1ccc(-c2ccc3c(c2)C(NC(=O)O[C@H]2CN4CCC2CC4)CCO3)cc1. The first kappa shape index (κ1) is 19.8. The number of amides is 1. The molecule has 3 fully saturated rings. The number of hydrogen-bond donors (Lipinski definition) is 1. The quantitative estimate of drug-likeness (QED) is 0.720. The molecule has 2 bridgehead atoms. The Labute approximate surface area is 182 Å². The van der Waals surface area contributed by atoms with Crippen molar-refractivity contribution in [3.05, 3.63) is 48.0 Å². The first-order valence-corrected chi connectivity index (χ1v) is 12.0. The van der Waals surface area contributed by atoms with Gasteiger partial charge in [0, 0.05) is 23.4 Å². The summed E-state index contributed by atoms with van der Waals surface area (Å²) in [6, 6.07) is 14.7. The highest BCUT2D eigenvalue weighted by molar-refractivity contribution is 7.98. The Morgan fingerprint density at radius 2 is 1.87 bits per heavy atom. The van der Waals surface area contributed by atoms with Crippen molar-refractivity contribution in [2.45, 2.75) is 36.3 Å². The molecular formula is C24H28N2O3S. The molecule has 0 radical (unpaired) electrons. The molecule has 3 saturated heterocycles. The van der Waals surface area contributed by atoms with Crippen LogP contribution in [0.2, 0.25) is 0 Å². The lowest BCUT2D eigenvalue weighted by atomic mass is 9.86. The van der Waals surface area contributed by atoms with Crippen molar-refractivity contribution in [2.24, 2.45) is 5.92 Å². The third-order valence-corrected chi connectivity index (χ3v) is 7.36. The molecule has 2 atom stereocenters. The van der Waals surface area contributed by atoms with E-state index in [1.54, 1.807) is 11.8 Å². The molecule has 1 N–H and O–H groups in total. The van der Waals surface area contributed by atoms with E-state index in [1.165, 1.54) is 4.90 Å². The lowest BCUT2D eigenvalue weighted by molar-refractivity contribution is -0.0342. The summed E-state index contributed by atoms with van der Waals surface area (Å²) in [7, 11) is 0. The van der Waals surface area contributed by atoms with Crippen LogP contribution in [0.4, 0.5) is 4.79 Å². The zero-order valence-electron chi connectivity index (χ0n) is 17.3. The molecular weight excluding hydrogens is 396 g/mol. The number of carbonyl (C=O) groups excluding carboxylic acids is 1. The van der Waals surface area contributed by atoms with E-state index < -0.39 is 0 Å². The van der Waals surface area contributed by atoms with E-state index >= 15 is 0 Å². The monoisotopic (exact) mass is 424 g/mol. The number of rotatable bonds is 4. The van der Waals surface area contributed by atoms with Crippen molar-refractivity contribution in [3.8, 4) is 16.9 Å². The van der Waals surface area contributed by atoms with Crippen molar-refractivity contribution in [2.75, 3.05) is 32.5 Å². The molecule has 4 heterocycles. The zero-order chi connectivity index (χ0) is 20.5. The molecule has 0 aromatic heterocycles. The second-order valence-electron chi connectivity index (χ2n) is 8.40. The first-order chi connectivity index (χ1) is 14.7. The van der Waals surface area contributed by atoms with E-state index in [9.17, 15) is 4.79 Å². The average Bonchev–Trinajstić information content (AvgIpc) is 2.80. The molecule has 0 spiro atoms. The highest BCUT2D eigenvalue weighted by Gasteiger charge is 2.37. The minimum Gasteiger partial charge on any atom is -0.493 e. The number of piperidine rings is 3. The molecule has 0 saturated carbocycles. The number of carbonyl (C=O) groups is 1. The Bertz CT molecular complexity index is 909. The summed E-state index contributed by atoms with van der Waals surface area (Å²) in [5.41, 5.74) is 3.32. The molecule has 2 aromatic rings. The maximum absolute atomic E-state index is 12.7. The summed E-state index contributed by atoms with van der Waals surface area (Å²) in [6.45, 7) is 3.75. The molecule has 4 aliphatic rings. The van der Waals surface area contributed by atoms with Gasteiger partial charge < -0.3 is 14.8 Å². The second kappa shape index (κ2) is 8.52. The smallest absolute Gasteiger partial charge is 0.407 e. The fourth-order valence-electron chi connectivity index (χ4n) is 4.87. The van der Waals surface area contributed by atoms with Crippen LogP contribution in [0, 0.1) is 5.92 Å². The van der Waals surface area contributed by atoms with Crippen LogP contribution < -0.4 is 10.1 Å². The summed E-state index contributed by atoms with van der Waals surface area (Å²) in [6.07, 6.45) is 4.82. The maximum atomic E-state index is 12.7. The molecule has 5 nitrogen and oxygen atoms in total. The second-order valence-corrected chi connectivity index (χ2v) is 9.28. The molecule has 1 amide bonds. The Morgan fingerprint density at radius 3 is 2.57 bits per heavy atom. The number of nitrogens with one attached hydrogen (secondary N) is 1. The van der Waals surface area contributed by atoms with E-state index in [0.717, 1.165) is 61.3 Å². The number of ether oxygens (including phenoxy) is 2. The van der Waals surface area contributed by atoms with Crippen LogP contribution in [0.3, 0.4) is 0 Å². The Balaban J connectivity index is 1.30. The average molecular weight is 425 g/mol. The number of alkyl carbamates (subject to hydrolysis) is 1. The first-order valence-electron chi connectivity index (χ1n) is 10.8. The molecule has 4 aliphatic heterocycles. The van der Waals surface area contributed by atoms with E-state index in [4.69, 9.17) is 9.47 Å². The van der Waals surface area contributed by atoms with Gasteiger partial charge in [-0.15, -0.1) is 11.8 Å². The Hall–Kier alpha value is -2.18. The van der Waals surface area contributed by atoms with Crippen molar-refractivity contribution in [1.82, 2.24) is 10.2 Å². The molecule has 2 aromatic carbocycles.